The summed E-state index contributed by atoms with van der Waals surface area (Å²) in [7, 11) is 2.85. The molecule has 0 amide bonds. The highest BCUT2D eigenvalue weighted by Crippen LogP contribution is 2.32. The number of methoxy groups -OCH3 is 2. The first kappa shape index (κ1) is 15.4. The van der Waals surface area contributed by atoms with Crippen LogP contribution in [0.5, 0.6) is 5.75 Å². The highest BCUT2D eigenvalue weighted by Gasteiger charge is 2.22. The first-order chi connectivity index (χ1) is 11.6. The van der Waals surface area contributed by atoms with Gasteiger partial charge in [0.05, 0.1) is 31.2 Å². The Labute approximate surface area is 138 Å². The van der Waals surface area contributed by atoms with Crippen LogP contribution in [0.15, 0.2) is 42.6 Å². The summed E-state index contributed by atoms with van der Waals surface area (Å²) < 4.78 is 11.8. The van der Waals surface area contributed by atoms with Gasteiger partial charge in [-0.25, -0.2) is 4.79 Å². The van der Waals surface area contributed by atoms with Crippen molar-refractivity contribution in [2.45, 2.75) is 0 Å². The number of carbonyl (C=O) groups is 1. The molecule has 0 saturated carbocycles. The molecule has 120 valence electrons. The van der Waals surface area contributed by atoms with Crippen molar-refractivity contribution < 1.29 is 14.3 Å². The third-order valence-corrected chi connectivity index (χ3v) is 3.85. The molecule has 3 aromatic rings. The smallest absolute Gasteiger partial charge is 0.357 e. The number of esters is 1. The average Bonchev–Trinajstić information content (AvgIpc) is 2.96. The first-order valence-electron chi connectivity index (χ1n) is 7.17. The minimum Gasteiger partial charge on any atom is -0.496 e. The number of nitrogens with zero attached hydrogens (tertiary/aromatic N) is 2. The number of aromatic nitrogens is 1. The number of carbonyl (C=O) groups excluding carboxylic acids is 1. The zero-order chi connectivity index (χ0) is 17.3. The van der Waals surface area contributed by atoms with Crippen molar-refractivity contribution in [1.82, 2.24) is 4.57 Å². The second-order valence-electron chi connectivity index (χ2n) is 5.15. The molecule has 0 atom stereocenters. The van der Waals surface area contributed by atoms with Crippen molar-refractivity contribution in [1.29, 1.82) is 5.26 Å². The van der Waals surface area contributed by atoms with Gasteiger partial charge in [0.1, 0.15) is 11.8 Å². The SMILES string of the molecule is COC(=O)c1c(N)c(C#N)cn1-c1cc(OC)c2ccccc2c1. The second-order valence-corrected chi connectivity index (χ2v) is 5.15. The summed E-state index contributed by atoms with van der Waals surface area (Å²) in [5.74, 6) is 0.0471. The van der Waals surface area contributed by atoms with E-state index < -0.39 is 5.97 Å². The monoisotopic (exact) mass is 321 g/mol. The van der Waals surface area contributed by atoms with E-state index in [9.17, 15) is 10.1 Å². The van der Waals surface area contributed by atoms with Crippen molar-refractivity contribution in [2.75, 3.05) is 20.0 Å². The fourth-order valence-corrected chi connectivity index (χ4v) is 2.69. The Morgan fingerprint density at radius 3 is 2.67 bits per heavy atom. The highest BCUT2D eigenvalue weighted by atomic mass is 16.5. The van der Waals surface area contributed by atoms with Gasteiger partial charge in [-0.2, -0.15) is 5.26 Å². The van der Waals surface area contributed by atoms with Crippen LogP contribution in [0.1, 0.15) is 16.1 Å². The molecule has 0 unspecified atom stereocenters. The number of anilines is 1. The van der Waals surface area contributed by atoms with E-state index in [2.05, 4.69) is 0 Å². The molecule has 3 rings (SSSR count). The summed E-state index contributed by atoms with van der Waals surface area (Å²) in [6, 6.07) is 13.4. The minimum absolute atomic E-state index is 0.0940. The molecular weight excluding hydrogens is 306 g/mol. The van der Waals surface area contributed by atoms with Crippen LogP contribution in [0.3, 0.4) is 0 Å². The molecule has 0 aliphatic carbocycles. The molecule has 24 heavy (non-hydrogen) atoms. The number of nitrogens with two attached hydrogens (primary N) is 1. The standard InChI is InChI=1S/C18H15N3O3/c1-23-15-8-13(7-11-5-3-4-6-14(11)15)21-10-12(9-19)16(20)17(21)18(22)24-2/h3-8,10H,20H2,1-2H3. The first-order valence-corrected chi connectivity index (χ1v) is 7.17. The van der Waals surface area contributed by atoms with Crippen molar-refractivity contribution in [3.63, 3.8) is 0 Å². The fourth-order valence-electron chi connectivity index (χ4n) is 2.69. The van der Waals surface area contributed by atoms with Crippen molar-refractivity contribution in [2.24, 2.45) is 0 Å². The van der Waals surface area contributed by atoms with Crippen LogP contribution in [-0.4, -0.2) is 24.8 Å². The van der Waals surface area contributed by atoms with Gasteiger partial charge in [-0.15, -0.1) is 0 Å². The third kappa shape index (κ3) is 2.32. The van der Waals surface area contributed by atoms with E-state index in [1.54, 1.807) is 17.7 Å². The maximum atomic E-state index is 12.1. The maximum Gasteiger partial charge on any atom is 0.357 e. The van der Waals surface area contributed by atoms with Gasteiger partial charge in [0, 0.05) is 17.6 Å². The van der Waals surface area contributed by atoms with Crippen LogP contribution < -0.4 is 10.5 Å². The van der Waals surface area contributed by atoms with Crippen molar-refractivity contribution >= 4 is 22.4 Å². The third-order valence-electron chi connectivity index (χ3n) is 3.85. The van der Waals surface area contributed by atoms with Gasteiger partial charge in [-0.3, -0.25) is 0 Å². The molecule has 1 aromatic heterocycles. The van der Waals surface area contributed by atoms with Gasteiger partial charge in [0.2, 0.25) is 0 Å². The number of hydrogen-bond donors (Lipinski definition) is 1. The molecule has 0 saturated heterocycles. The van der Waals surface area contributed by atoms with Crippen molar-refractivity contribution in [3.05, 3.63) is 53.9 Å². The van der Waals surface area contributed by atoms with Crippen LogP contribution in [0.25, 0.3) is 16.5 Å². The lowest BCUT2D eigenvalue weighted by molar-refractivity contribution is 0.0593. The van der Waals surface area contributed by atoms with Crippen LogP contribution in [0.4, 0.5) is 5.69 Å². The number of benzene rings is 2. The summed E-state index contributed by atoms with van der Waals surface area (Å²) in [6.07, 6.45) is 1.52. The number of fused-ring (bicyclic) bond motifs is 1. The number of hydrogen-bond acceptors (Lipinski definition) is 5. The van der Waals surface area contributed by atoms with Gasteiger partial charge in [0.25, 0.3) is 0 Å². The maximum absolute atomic E-state index is 12.1. The highest BCUT2D eigenvalue weighted by molar-refractivity contribution is 5.97. The summed E-state index contributed by atoms with van der Waals surface area (Å²) in [5.41, 5.74) is 7.01. The second kappa shape index (κ2) is 5.97. The molecule has 2 N–H and O–H groups in total. The lowest BCUT2D eigenvalue weighted by Crippen LogP contribution is -2.11. The van der Waals surface area contributed by atoms with E-state index in [0.29, 0.717) is 11.4 Å². The number of rotatable bonds is 3. The lowest BCUT2D eigenvalue weighted by Gasteiger charge is -2.12. The molecule has 0 aliphatic heterocycles. The van der Waals surface area contributed by atoms with Crippen LogP contribution in [-0.2, 0) is 4.74 Å². The Kier molecular flexibility index (Phi) is 3.84. The van der Waals surface area contributed by atoms with Gasteiger partial charge >= 0.3 is 5.97 Å². The molecular formula is C18H15N3O3. The van der Waals surface area contributed by atoms with E-state index >= 15 is 0 Å². The van der Waals surface area contributed by atoms with Crippen LogP contribution in [0, 0.1) is 11.3 Å². The number of nitrogen functional groups attached to an aromatic ring is 1. The van der Waals surface area contributed by atoms with Gasteiger partial charge in [-0.05, 0) is 11.5 Å². The predicted molar refractivity (Wildman–Crippen MR) is 90.3 cm³/mol. The van der Waals surface area contributed by atoms with E-state index in [1.807, 2.05) is 36.4 Å². The quantitative estimate of drug-likeness (QED) is 0.749. The van der Waals surface area contributed by atoms with E-state index in [0.717, 1.165) is 10.8 Å². The number of ether oxygens (including phenoxy) is 2. The van der Waals surface area contributed by atoms with Gasteiger partial charge < -0.3 is 19.8 Å². The largest absolute Gasteiger partial charge is 0.496 e. The molecule has 0 spiro atoms. The molecule has 0 radical (unpaired) electrons. The molecule has 0 aliphatic rings. The zero-order valence-corrected chi connectivity index (χ0v) is 13.2. The lowest BCUT2D eigenvalue weighted by atomic mass is 10.1. The molecule has 1 heterocycles. The van der Waals surface area contributed by atoms with Crippen molar-refractivity contribution in [3.8, 4) is 17.5 Å². The average molecular weight is 321 g/mol. The molecule has 6 heteroatoms. The summed E-state index contributed by atoms with van der Waals surface area (Å²) in [5, 5.41) is 11.1. The van der Waals surface area contributed by atoms with E-state index in [1.165, 1.54) is 13.3 Å². The molecule has 0 bridgehead atoms. The minimum atomic E-state index is -0.610. The summed E-state index contributed by atoms with van der Waals surface area (Å²) in [4.78, 5) is 12.1. The van der Waals surface area contributed by atoms with Gasteiger partial charge in [0.15, 0.2) is 5.69 Å². The zero-order valence-electron chi connectivity index (χ0n) is 13.2. The molecule has 2 aromatic carbocycles. The normalized spacial score (nSPS) is 10.4. The Balaban J connectivity index is 2.32. The van der Waals surface area contributed by atoms with Gasteiger partial charge in [-0.1, -0.05) is 24.3 Å². The fraction of sp³-hybridized carbons (Fsp3) is 0.111. The number of nitriles is 1. The Bertz CT molecular complexity index is 983. The Morgan fingerprint density at radius 2 is 2.00 bits per heavy atom. The summed E-state index contributed by atoms with van der Waals surface area (Å²) in [6.45, 7) is 0. The van der Waals surface area contributed by atoms with E-state index in [-0.39, 0.29) is 16.9 Å². The molecule has 6 nitrogen and oxygen atoms in total. The van der Waals surface area contributed by atoms with Crippen LogP contribution in [0.2, 0.25) is 0 Å². The molecule has 0 fully saturated rings. The van der Waals surface area contributed by atoms with Crippen LogP contribution >= 0.6 is 0 Å². The topological polar surface area (TPSA) is 90.3 Å². The van der Waals surface area contributed by atoms with E-state index in [4.69, 9.17) is 15.2 Å². The summed E-state index contributed by atoms with van der Waals surface area (Å²) >= 11 is 0. The predicted octanol–water partition coefficient (Wildman–Crippen LogP) is 2.88. The Hall–Kier alpha value is -3.46. The Morgan fingerprint density at radius 1 is 1.25 bits per heavy atom.